The zero-order valence-electron chi connectivity index (χ0n) is 10.5. The first-order chi connectivity index (χ1) is 8.81. The summed E-state index contributed by atoms with van der Waals surface area (Å²) in [6.45, 7) is 2.11. The highest BCUT2D eigenvalue weighted by Gasteiger charge is 2.05. The number of rotatable bonds is 4. The molecule has 0 heterocycles. The van der Waals surface area contributed by atoms with Crippen molar-refractivity contribution in [2.45, 2.75) is 19.4 Å². The fraction of sp³-hybridized carbons (Fsp3) is 0.188. The van der Waals surface area contributed by atoms with E-state index >= 15 is 0 Å². The molecule has 18 heavy (non-hydrogen) atoms. The number of hydrogen-bond donors (Lipinski definition) is 1. The van der Waals surface area contributed by atoms with Gasteiger partial charge in [-0.05, 0) is 24.1 Å². The largest absolute Gasteiger partial charge is 0.507 e. The van der Waals surface area contributed by atoms with E-state index in [-0.39, 0.29) is 11.8 Å². The van der Waals surface area contributed by atoms with E-state index in [9.17, 15) is 5.11 Å². The minimum absolute atomic E-state index is 0.144. The van der Waals surface area contributed by atoms with Crippen LogP contribution in [0.3, 0.4) is 0 Å². The van der Waals surface area contributed by atoms with Gasteiger partial charge in [-0.15, -0.1) is 0 Å². The van der Waals surface area contributed by atoms with Crippen molar-refractivity contribution >= 4 is 6.21 Å². The summed E-state index contributed by atoms with van der Waals surface area (Å²) < 4.78 is 0. The van der Waals surface area contributed by atoms with Gasteiger partial charge in [-0.1, -0.05) is 49.4 Å². The van der Waals surface area contributed by atoms with E-state index in [1.54, 1.807) is 18.3 Å². The second-order valence-electron chi connectivity index (χ2n) is 4.17. The Morgan fingerprint density at radius 2 is 1.72 bits per heavy atom. The van der Waals surface area contributed by atoms with E-state index < -0.39 is 0 Å². The quantitative estimate of drug-likeness (QED) is 0.805. The van der Waals surface area contributed by atoms with Gasteiger partial charge in [0.05, 0.1) is 6.04 Å². The van der Waals surface area contributed by atoms with Crippen LogP contribution in [0.25, 0.3) is 0 Å². The standard InChI is InChI=1S/C16H17NO/c1-2-15(13-8-4-3-5-9-13)17-12-14-10-6-7-11-16(14)18/h3-12,15,18H,2H2,1H3/t15-/m0/s1. The smallest absolute Gasteiger partial charge is 0.124 e. The first kappa shape index (κ1) is 12.4. The Hall–Kier alpha value is -2.09. The molecule has 0 unspecified atom stereocenters. The third-order valence-electron chi connectivity index (χ3n) is 2.90. The van der Waals surface area contributed by atoms with E-state index in [1.165, 1.54) is 5.56 Å². The molecule has 0 saturated carbocycles. The number of phenolic OH excluding ortho intramolecular Hbond substituents is 1. The molecule has 0 spiro atoms. The van der Waals surface area contributed by atoms with Crippen LogP contribution in [0.4, 0.5) is 0 Å². The van der Waals surface area contributed by atoms with Crippen LogP contribution < -0.4 is 0 Å². The second kappa shape index (κ2) is 6.01. The highest BCUT2D eigenvalue weighted by Crippen LogP contribution is 2.21. The number of benzene rings is 2. The van der Waals surface area contributed by atoms with Crippen molar-refractivity contribution in [1.29, 1.82) is 0 Å². The number of aliphatic imine (C=N–C) groups is 1. The highest BCUT2D eigenvalue weighted by molar-refractivity contribution is 5.83. The van der Waals surface area contributed by atoms with Crippen LogP contribution in [-0.4, -0.2) is 11.3 Å². The summed E-state index contributed by atoms with van der Waals surface area (Å²) in [5.41, 5.74) is 1.96. The van der Waals surface area contributed by atoms with Crippen molar-refractivity contribution < 1.29 is 5.11 Å². The molecular weight excluding hydrogens is 222 g/mol. The summed E-state index contributed by atoms with van der Waals surface area (Å²) in [6.07, 6.45) is 2.69. The lowest BCUT2D eigenvalue weighted by Gasteiger charge is -2.09. The van der Waals surface area contributed by atoms with Gasteiger partial charge in [-0.25, -0.2) is 0 Å². The summed E-state index contributed by atoms with van der Waals surface area (Å²) in [7, 11) is 0. The fourth-order valence-corrected chi connectivity index (χ4v) is 1.87. The summed E-state index contributed by atoms with van der Waals surface area (Å²) in [4.78, 5) is 4.56. The minimum atomic E-state index is 0.144. The topological polar surface area (TPSA) is 32.6 Å². The average molecular weight is 239 g/mol. The van der Waals surface area contributed by atoms with Crippen LogP contribution in [0.2, 0.25) is 0 Å². The molecule has 2 aromatic rings. The summed E-state index contributed by atoms with van der Waals surface area (Å²) in [6, 6.07) is 17.6. The Kier molecular flexibility index (Phi) is 4.13. The molecule has 2 nitrogen and oxygen atoms in total. The third kappa shape index (κ3) is 2.98. The number of aromatic hydroxyl groups is 1. The van der Waals surface area contributed by atoms with E-state index in [4.69, 9.17) is 0 Å². The van der Waals surface area contributed by atoms with Crippen molar-refractivity contribution in [2.24, 2.45) is 4.99 Å². The first-order valence-corrected chi connectivity index (χ1v) is 6.17. The molecule has 2 aromatic carbocycles. The molecule has 2 rings (SSSR count). The van der Waals surface area contributed by atoms with E-state index in [0.717, 1.165) is 12.0 Å². The highest BCUT2D eigenvalue weighted by atomic mass is 16.3. The van der Waals surface area contributed by atoms with Gasteiger partial charge in [-0.2, -0.15) is 0 Å². The lowest BCUT2D eigenvalue weighted by Crippen LogP contribution is -1.94. The van der Waals surface area contributed by atoms with E-state index in [2.05, 4.69) is 24.0 Å². The molecule has 0 amide bonds. The molecule has 0 radical (unpaired) electrons. The monoisotopic (exact) mass is 239 g/mol. The van der Waals surface area contributed by atoms with Gasteiger partial charge in [0, 0.05) is 11.8 Å². The fourth-order valence-electron chi connectivity index (χ4n) is 1.87. The number of hydrogen-bond acceptors (Lipinski definition) is 2. The predicted octanol–water partition coefficient (Wildman–Crippen LogP) is 3.96. The van der Waals surface area contributed by atoms with Crippen molar-refractivity contribution in [1.82, 2.24) is 0 Å². The van der Waals surface area contributed by atoms with E-state index in [1.807, 2.05) is 30.3 Å². The Morgan fingerprint density at radius 1 is 1.06 bits per heavy atom. The Bertz CT molecular complexity index is 520. The lowest BCUT2D eigenvalue weighted by atomic mass is 10.1. The number of nitrogens with zero attached hydrogens (tertiary/aromatic N) is 1. The Labute approximate surface area is 108 Å². The molecule has 0 bridgehead atoms. The van der Waals surface area contributed by atoms with Gasteiger partial charge < -0.3 is 5.11 Å². The van der Waals surface area contributed by atoms with Crippen LogP contribution in [0, 0.1) is 0 Å². The van der Waals surface area contributed by atoms with Gasteiger partial charge in [-0.3, -0.25) is 4.99 Å². The van der Waals surface area contributed by atoms with Crippen LogP contribution >= 0.6 is 0 Å². The summed E-state index contributed by atoms with van der Waals surface area (Å²) in [5, 5.41) is 9.68. The molecule has 2 heteroatoms. The molecule has 0 saturated heterocycles. The first-order valence-electron chi connectivity index (χ1n) is 6.17. The summed E-state index contributed by atoms with van der Waals surface area (Å²) in [5.74, 6) is 0.268. The van der Waals surface area contributed by atoms with E-state index in [0.29, 0.717) is 0 Å². The number of para-hydroxylation sites is 1. The van der Waals surface area contributed by atoms with Crippen molar-refractivity contribution in [3.05, 3.63) is 65.7 Å². The van der Waals surface area contributed by atoms with Crippen molar-refractivity contribution in [3.8, 4) is 5.75 Å². The third-order valence-corrected chi connectivity index (χ3v) is 2.90. The maximum Gasteiger partial charge on any atom is 0.124 e. The average Bonchev–Trinajstić information content (AvgIpc) is 2.42. The van der Waals surface area contributed by atoms with Crippen LogP contribution in [0.15, 0.2) is 59.6 Å². The number of phenols is 1. The molecule has 0 aliphatic carbocycles. The predicted molar refractivity (Wildman–Crippen MR) is 75.2 cm³/mol. The maximum atomic E-state index is 9.68. The minimum Gasteiger partial charge on any atom is -0.507 e. The van der Waals surface area contributed by atoms with Gasteiger partial charge >= 0.3 is 0 Å². The zero-order valence-corrected chi connectivity index (χ0v) is 10.5. The van der Waals surface area contributed by atoms with Gasteiger partial charge in [0.15, 0.2) is 0 Å². The molecule has 0 aliphatic rings. The molecule has 92 valence electrons. The molecule has 0 aromatic heterocycles. The van der Waals surface area contributed by atoms with Gasteiger partial charge in [0.2, 0.25) is 0 Å². The lowest BCUT2D eigenvalue weighted by molar-refractivity contribution is 0.474. The second-order valence-corrected chi connectivity index (χ2v) is 4.17. The maximum absolute atomic E-state index is 9.68. The normalized spacial score (nSPS) is 12.7. The molecule has 0 fully saturated rings. The van der Waals surface area contributed by atoms with Gasteiger partial charge in [0.1, 0.15) is 5.75 Å². The summed E-state index contributed by atoms with van der Waals surface area (Å²) >= 11 is 0. The van der Waals surface area contributed by atoms with Crippen LogP contribution in [-0.2, 0) is 0 Å². The van der Waals surface area contributed by atoms with Crippen LogP contribution in [0.1, 0.15) is 30.5 Å². The van der Waals surface area contributed by atoms with Crippen molar-refractivity contribution in [2.75, 3.05) is 0 Å². The molecule has 1 atom stereocenters. The van der Waals surface area contributed by atoms with Crippen molar-refractivity contribution in [3.63, 3.8) is 0 Å². The van der Waals surface area contributed by atoms with Gasteiger partial charge in [0.25, 0.3) is 0 Å². The molecule has 0 aliphatic heterocycles. The Morgan fingerprint density at radius 3 is 2.39 bits per heavy atom. The Balaban J connectivity index is 2.19. The SMILES string of the molecule is CC[C@H](N=Cc1ccccc1O)c1ccccc1. The molecular formula is C16H17NO. The zero-order chi connectivity index (χ0) is 12.8. The molecule has 1 N–H and O–H groups in total. The van der Waals surface area contributed by atoms with Crippen LogP contribution in [0.5, 0.6) is 5.75 Å².